The summed E-state index contributed by atoms with van der Waals surface area (Å²) in [6, 6.07) is 21.2. The van der Waals surface area contributed by atoms with E-state index in [4.69, 9.17) is 5.73 Å². The number of rotatable bonds is 7. The van der Waals surface area contributed by atoms with Crippen molar-refractivity contribution in [3.05, 3.63) is 133 Å². The van der Waals surface area contributed by atoms with Gasteiger partial charge in [-0.05, 0) is 54.1 Å². The summed E-state index contributed by atoms with van der Waals surface area (Å²) in [5, 5.41) is 13.6. The highest BCUT2D eigenvalue weighted by molar-refractivity contribution is 7.10. The molecule has 0 spiro atoms. The van der Waals surface area contributed by atoms with E-state index in [1.807, 2.05) is 37.4 Å². The molecule has 202 valence electrons. The van der Waals surface area contributed by atoms with Gasteiger partial charge in [0.2, 0.25) is 5.91 Å². The number of aryl methyl sites for hydroxylation is 2. The molecule has 1 fully saturated rings. The molecule has 1 aromatic heterocycles. The molecule has 1 aliphatic heterocycles. The Morgan fingerprint density at radius 1 is 0.900 bits per heavy atom. The van der Waals surface area contributed by atoms with Gasteiger partial charge in [0, 0.05) is 34.1 Å². The molecule has 2 heterocycles. The minimum Gasteiger partial charge on any atom is -0.368 e. The van der Waals surface area contributed by atoms with Crippen LogP contribution in [0.1, 0.15) is 54.2 Å². The zero-order valence-electron chi connectivity index (χ0n) is 21.9. The third kappa shape index (κ3) is 4.69. The van der Waals surface area contributed by atoms with Crippen molar-refractivity contribution in [1.82, 2.24) is 4.90 Å². The second-order valence-electron chi connectivity index (χ2n) is 9.92. The van der Waals surface area contributed by atoms with Gasteiger partial charge in [0.1, 0.15) is 6.04 Å². The highest BCUT2D eigenvalue weighted by atomic mass is 32.1. The van der Waals surface area contributed by atoms with E-state index in [0.29, 0.717) is 16.7 Å². The van der Waals surface area contributed by atoms with Crippen LogP contribution in [0.2, 0.25) is 0 Å². The largest absolute Gasteiger partial charge is 0.368 e. The number of primary amides is 1. The number of nitrogens with zero attached hydrogens (tertiary/aromatic N) is 2. The molecule has 5 rings (SSSR count). The number of hydrogen-bond donors (Lipinski definition) is 1. The van der Waals surface area contributed by atoms with E-state index < -0.39 is 40.7 Å². The van der Waals surface area contributed by atoms with Crippen molar-refractivity contribution in [2.24, 2.45) is 11.7 Å². The number of Topliss-reactive ketones (excluding diaryl/α,β-unsaturated/α-hetero) is 1. The van der Waals surface area contributed by atoms with Crippen molar-refractivity contribution in [2.45, 2.75) is 31.8 Å². The highest BCUT2D eigenvalue weighted by Crippen LogP contribution is 2.53. The average Bonchev–Trinajstić information content (AvgIpc) is 3.54. The Balaban J connectivity index is 1.82. The standard InChI is InChI=1S/C31H27N3O5S/c1-18-9-6-7-14-23(18)28(35)24-25(29-19(2)15-16-40-29)27(30(32)36)33(31(37)20-10-4-3-5-11-20)26(24)21-12-8-13-22(17-21)34(38)39/h3-17,24-27H,1-2H3,(H2,32,36). The maximum absolute atomic E-state index is 14.5. The number of ketones is 1. The van der Waals surface area contributed by atoms with E-state index >= 15 is 0 Å². The molecule has 0 aliphatic carbocycles. The van der Waals surface area contributed by atoms with Crippen LogP contribution in [0.15, 0.2) is 90.3 Å². The summed E-state index contributed by atoms with van der Waals surface area (Å²) in [5.41, 5.74) is 8.64. The van der Waals surface area contributed by atoms with Crippen LogP contribution in [0.4, 0.5) is 5.69 Å². The lowest BCUT2D eigenvalue weighted by Gasteiger charge is -2.31. The minimum atomic E-state index is -1.17. The Hall–Kier alpha value is -4.63. The molecule has 4 unspecified atom stereocenters. The zero-order chi connectivity index (χ0) is 28.6. The lowest BCUT2D eigenvalue weighted by molar-refractivity contribution is -0.385. The van der Waals surface area contributed by atoms with Crippen molar-refractivity contribution >= 4 is 34.6 Å². The number of likely N-dealkylation sites (tertiary alicyclic amines) is 1. The number of nitro benzene ring substituents is 1. The predicted octanol–water partition coefficient (Wildman–Crippen LogP) is 5.61. The molecule has 0 saturated carbocycles. The fourth-order valence-electron chi connectivity index (χ4n) is 5.77. The fourth-order valence-corrected chi connectivity index (χ4v) is 6.87. The highest BCUT2D eigenvalue weighted by Gasteiger charge is 2.58. The third-order valence-corrected chi connectivity index (χ3v) is 8.67. The molecule has 1 aliphatic rings. The molecular formula is C31H27N3O5S. The van der Waals surface area contributed by atoms with Gasteiger partial charge in [-0.15, -0.1) is 11.3 Å². The van der Waals surface area contributed by atoms with Crippen molar-refractivity contribution in [2.75, 3.05) is 0 Å². The summed E-state index contributed by atoms with van der Waals surface area (Å²) in [6.45, 7) is 3.72. The van der Waals surface area contributed by atoms with E-state index in [2.05, 4.69) is 0 Å². The molecule has 4 aromatic rings. The van der Waals surface area contributed by atoms with E-state index in [1.165, 1.54) is 34.4 Å². The van der Waals surface area contributed by atoms with Gasteiger partial charge in [0.05, 0.1) is 16.9 Å². The summed E-state index contributed by atoms with van der Waals surface area (Å²) in [6.07, 6.45) is 0. The molecule has 8 nitrogen and oxygen atoms in total. The van der Waals surface area contributed by atoms with Gasteiger partial charge in [0.25, 0.3) is 11.6 Å². The summed E-state index contributed by atoms with van der Waals surface area (Å²) in [4.78, 5) is 55.4. The van der Waals surface area contributed by atoms with Crippen LogP contribution in [0.25, 0.3) is 0 Å². The van der Waals surface area contributed by atoms with Crippen LogP contribution in [-0.2, 0) is 4.79 Å². The van der Waals surface area contributed by atoms with Crippen molar-refractivity contribution in [3.8, 4) is 0 Å². The van der Waals surface area contributed by atoms with E-state index in [9.17, 15) is 24.5 Å². The number of amides is 2. The number of carbonyl (C=O) groups excluding carboxylic acids is 3. The Kier molecular flexibility index (Phi) is 7.32. The predicted molar refractivity (Wildman–Crippen MR) is 152 cm³/mol. The van der Waals surface area contributed by atoms with Crippen molar-refractivity contribution in [1.29, 1.82) is 0 Å². The van der Waals surface area contributed by atoms with Gasteiger partial charge in [-0.25, -0.2) is 0 Å². The van der Waals surface area contributed by atoms with Crippen LogP contribution in [0, 0.1) is 29.9 Å². The van der Waals surface area contributed by atoms with Crippen LogP contribution in [0.3, 0.4) is 0 Å². The first-order chi connectivity index (χ1) is 19.2. The molecule has 40 heavy (non-hydrogen) atoms. The smallest absolute Gasteiger partial charge is 0.269 e. The van der Waals surface area contributed by atoms with Crippen LogP contribution < -0.4 is 5.73 Å². The first-order valence-corrected chi connectivity index (χ1v) is 13.6. The van der Waals surface area contributed by atoms with Crippen molar-refractivity contribution in [3.63, 3.8) is 0 Å². The Labute approximate surface area is 235 Å². The summed E-state index contributed by atoms with van der Waals surface area (Å²) in [7, 11) is 0. The summed E-state index contributed by atoms with van der Waals surface area (Å²) >= 11 is 1.40. The van der Waals surface area contributed by atoms with Crippen molar-refractivity contribution < 1.29 is 19.3 Å². The average molecular weight is 554 g/mol. The molecule has 0 bridgehead atoms. The summed E-state index contributed by atoms with van der Waals surface area (Å²) < 4.78 is 0. The normalized spacial score (nSPS) is 20.3. The fraction of sp³-hybridized carbons (Fsp3) is 0.194. The molecule has 2 N–H and O–H groups in total. The quantitative estimate of drug-likeness (QED) is 0.181. The zero-order valence-corrected chi connectivity index (χ0v) is 22.7. The molecule has 1 saturated heterocycles. The molecule has 3 aromatic carbocycles. The molecule has 9 heteroatoms. The lowest BCUT2D eigenvalue weighted by atomic mass is 9.77. The van der Waals surface area contributed by atoms with Gasteiger partial charge < -0.3 is 10.6 Å². The number of carbonyl (C=O) groups is 3. The number of thiophene rings is 1. The van der Waals surface area contributed by atoms with Gasteiger partial charge in [-0.1, -0.05) is 54.6 Å². The number of nitrogens with two attached hydrogens (primary N) is 1. The topological polar surface area (TPSA) is 124 Å². The number of benzene rings is 3. The maximum Gasteiger partial charge on any atom is 0.269 e. The van der Waals surface area contributed by atoms with Crippen LogP contribution in [0.5, 0.6) is 0 Å². The number of non-ortho nitro benzene ring substituents is 1. The molecule has 0 radical (unpaired) electrons. The Morgan fingerprint density at radius 2 is 1.60 bits per heavy atom. The monoisotopic (exact) mass is 553 g/mol. The van der Waals surface area contributed by atoms with Crippen LogP contribution in [-0.4, -0.2) is 33.5 Å². The second kappa shape index (κ2) is 10.9. The maximum atomic E-state index is 14.5. The second-order valence-corrected chi connectivity index (χ2v) is 10.9. The van der Waals surface area contributed by atoms with Gasteiger partial charge in [-0.3, -0.25) is 24.5 Å². The number of hydrogen-bond acceptors (Lipinski definition) is 6. The van der Waals surface area contributed by atoms with Gasteiger partial charge in [-0.2, -0.15) is 0 Å². The van der Waals surface area contributed by atoms with E-state index in [0.717, 1.165) is 16.0 Å². The van der Waals surface area contributed by atoms with Gasteiger partial charge >= 0.3 is 0 Å². The molecule has 4 atom stereocenters. The SMILES string of the molecule is Cc1ccccc1C(=O)C1C(c2sccc2C)C(C(N)=O)N(C(=O)c2ccccc2)C1c1cccc([N+](=O)[O-])c1. The Bertz CT molecular complexity index is 1620. The first-order valence-electron chi connectivity index (χ1n) is 12.8. The Morgan fingerprint density at radius 3 is 2.23 bits per heavy atom. The van der Waals surface area contributed by atoms with E-state index in [-0.39, 0.29) is 11.5 Å². The first kappa shape index (κ1) is 27.0. The minimum absolute atomic E-state index is 0.182. The third-order valence-electron chi connectivity index (χ3n) is 7.55. The molecular weight excluding hydrogens is 526 g/mol. The number of nitro groups is 1. The van der Waals surface area contributed by atoms with Gasteiger partial charge in [0.15, 0.2) is 5.78 Å². The molecule has 2 amide bonds. The van der Waals surface area contributed by atoms with Crippen LogP contribution >= 0.6 is 11.3 Å². The lowest BCUT2D eigenvalue weighted by Crippen LogP contribution is -2.46. The van der Waals surface area contributed by atoms with E-state index in [1.54, 1.807) is 48.5 Å². The summed E-state index contributed by atoms with van der Waals surface area (Å²) in [5.74, 6) is -3.20.